The average molecular weight is 340 g/mol. The summed E-state index contributed by atoms with van der Waals surface area (Å²) >= 11 is 0. The number of benzene rings is 2. The van der Waals surface area contributed by atoms with Crippen LogP contribution in [0.3, 0.4) is 0 Å². The van der Waals surface area contributed by atoms with Gasteiger partial charge in [-0.2, -0.15) is 0 Å². The summed E-state index contributed by atoms with van der Waals surface area (Å²) in [5, 5.41) is 14.7. The molecule has 0 radical (unpaired) electrons. The van der Waals surface area contributed by atoms with Crippen LogP contribution in [0.2, 0.25) is 0 Å². The average Bonchev–Trinajstić information content (AvgIpc) is 2.61. The smallest absolute Gasteiger partial charge is 0.336 e. The molecule has 0 aliphatic heterocycles. The van der Waals surface area contributed by atoms with Gasteiger partial charge in [-0.1, -0.05) is 25.1 Å². The number of nitrogens with one attached hydrogen (secondary N) is 2. The van der Waals surface area contributed by atoms with Gasteiger partial charge in [-0.15, -0.1) is 0 Å². The lowest BCUT2D eigenvalue weighted by Crippen LogP contribution is -2.31. The molecule has 1 atom stereocenters. The Morgan fingerprint density at radius 1 is 1.00 bits per heavy atom. The van der Waals surface area contributed by atoms with E-state index in [-0.39, 0.29) is 23.1 Å². The normalized spacial score (nSPS) is 11.4. The highest BCUT2D eigenvalue weighted by molar-refractivity contribution is 6.11. The first-order chi connectivity index (χ1) is 11.9. The molecular formula is C19H20N2O4. The molecular weight excluding hydrogens is 320 g/mol. The Kier molecular flexibility index (Phi) is 5.89. The van der Waals surface area contributed by atoms with E-state index in [9.17, 15) is 19.5 Å². The number of anilines is 1. The van der Waals surface area contributed by atoms with E-state index in [0.29, 0.717) is 11.3 Å². The molecule has 130 valence electrons. The molecule has 2 aromatic carbocycles. The van der Waals surface area contributed by atoms with E-state index < -0.39 is 11.9 Å². The molecule has 0 saturated heterocycles. The van der Waals surface area contributed by atoms with Crippen LogP contribution in [-0.2, 0) is 0 Å². The van der Waals surface area contributed by atoms with Gasteiger partial charge < -0.3 is 15.7 Å². The van der Waals surface area contributed by atoms with E-state index in [0.717, 1.165) is 6.42 Å². The van der Waals surface area contributed by atoms with Crippen LogP contribution >= 0.6 is 0 Å². The summed E-state index contributed by atoms with van der Waals surface area (Å²) in [6.45, 7) is 3.88. The minimum atomic E-state index is -1.17. The predicted octanol–water partition coefficient (Wildman–Crippen LogP) is 3.17. The highest BCUT2D eigenvalue weighted by Crippen LogP contribution is 2.15. The van der Waals surface area contributed by atoms with Gasteiger partial charge in [0.1, 0.15) is 0 Å². The maximum absolute atomic E-state index is 12.4. The fraction of sp³-hybridized carbons (Fsp3) is 0.211. The fourth-order valence-corrected chi connectivity index (χ4v) is 2.21. The van der Waals surface area contributed by atoms with Crippen molar-refractivity contribution >= 4 is 23.5 Å². The maximum Gasteiger partial charge on any atom is 0.336 e. The van der Waals surface area contributed by atoms with E-state index >= 15 is 0 Å². The van der Waals surface area contributed by atoms with E-state index in [1.165, 1.54) is 12.1 Å². The van der Waals surface area contributed by atoms with Crippen LogP contribution in [0.4, 0.5) is 5.69 Å². The minimum absolute atomic E-state index is 0.0493. The summed E-state index contributed by atoms with van der Waals surface area (Å²) in [5.41, 5.74) is 0.821. The molecule has 0 aromatic heterocycles. The first-order valence-corrected chi connectivity index (χ1v) is 7.97. The Labute approximate surface area is 145 Å². The Bertz CT molecular complexity index is 802. The van der Waals surface area contributed by atoms with Gasteiger partial charge in [0, 0.05) is 17.3 Å². The van der Waals surface area contributed by atoms with E-state index in [4.69, 9.17) is 0 Å². The van der Waals surface area contributed by atoms with Crippen molar-refractivity contribution in [1.82, 2.24) is 5.32 Å². The van der Waals surface area contributed by atoms with Crippen molar-refractivity contribution in [3.05, 3.63) is 65.2 Å². The summed E-state index contributed by atoms with van der Waals surface area (Å²) in [4.78, 5) is 35.8. The van der Waals surface area contributed by atoms with Crippen LogP contribution < -0.4 is 10.6 Å². The Morgan fingerprint density at radius 2 is 1.68 bits per heavy atom. The maximum atomic E-state index is 12.4. The van der Waals surface area contributed by atoms with E-state index in [1.807, 2.05) is 13.8 Å². The largest absolute Gasteiger partial charge is 0.478 e. The number of carboxylic acids is 1. The number of aromatic carboxylic acids is 1. The zero-order chi connectivity index (χ0) is 18.4. The van der Waals surface area contributed by atoms with Crippen molar-refractivity contribution in [3.63, 3.8) is 0 Å². The second-order valence-corrected chi connectivity index (χ2v) is 5.67. The van der Waals surface area contributed by atoms with Crippen molar-refractivity contribution in [2.75, 3.05) is 5.32 Å². The van der Waals surface area contributed by atoms with Crippen molar-refractivity contribution < 1.29 is 19.5 Å². The zero-order valence-corrected chi connectivity index (χ0v) is 14.1. The van der Waals surface area contributed by atoms with Crippen LogP contribution in [0.5, 0.6) is 0 Å². The Morgan fingerprint density at radius 3 is 2.32 bits per heavy atom. The molecule has 0 aliphatic carbocycles. The second kappa shape index (κ2) is 8.10. The lowest BCUT2D eigenvalue weighted by atomic mass is 10.1. The number of rotatable bonds is 6. The first kappa shape index (κ1) is 18.2. The molecule has 0 heterocycles. The van der Waals surface area contributed by atoms with E-state index in [2.05, 4.69) is 10.6 Å². The van der Waals surface area contributed by atoms with E-state index in [1.54, 1.807) is 36.4 Å². The molecule has 0 bridgehead atoms. The summed E-state index contributed by atoms with van der Waals surface area (Å²) < 4.78 is 0. The monoisotopic (exact) mass is 340 g/mol. The molecule has 2 rings (SSSR count). The number of carboxylic acid groups (broad SMARTS) is 1. The highest BCUT2D eigenvalue weighted by atomic mass is 16.4. The van der Waals surface area contributed by atoms with Crippen LogP contribution in [-0.4, -0.2) is 28.9 Å². The molecule has 2 aromatic rings. The Balaban J connectivity index is 2.19. The minimum Gasteiger partial charge on any atom is -0.478 e. The van der Waals surface area contributed by atoms with Gasteiger partial charge in [0.25, 0.3) is 11.8 Å². The summed E-state index contributed by atoms with van der Waals surface area (Å²) in [7, 11) is 0. The van der Waals surface area contributed by atoms with Gasteiger partial charge in [0.05, 0.1) is 11.1 Å². The lowest BCUT2D eigenvalue weighted by Gasteiger charge is -2.12. The molecule has 0 saturated carbocycles. The van der Waals surface area contributed by atoms with Crippen molar-refractivity contribution in [2.45, 2.75) is 26.3 Å². The molecule has 0 aliphatic rings. The quantitative estimate of drug-likeness (QED) is 0.752. The summed E-state index contributed by atoms with van der Waals surface area (Å²) in [5.74, 6) is -1.94. The number of amides is 2. The molecule has 6 nitrogen and oxygen atoms in total. The van der Waals surface area contributed by atoms with Crippen molar-refractivity contribution in [3.8, 4) is 0 Å². The second-order valence-electron chi connectivity index (χ2n) is 5.67. The third-order valence-corrected chi connectivity index (χ3v) is 3.77. The fourth-order valence-electron chi connectivity index (χ4n) is 2.21. The lowest BCUT2D eigenvalue weighted by molar-refractivity contribution is 0.0692. The number of carbonyl (C=O) groups is 3. The molecule has 6 heteroatoms. The van der Waals surface area contributed by atoms with Crippen LogP contribution in [0, 0.1) is 0 Å². The molecule has 3 N–H and O–H groups in total. The van der Waals surface area contributed by atoms with Gasteiger partial charge in [-0.25, -0.2) is 4.79 Å². The number of carbonyl (C=O) groups excluding carboxylic acids is 2. The van der Waals surface area contributed by atoms with Crippen LogP contribution in [0.15, 0.2) is 48.5 Å². The topological polar surface area (TPSA) is 95.5 Å². The van der Waals surface area contributed by atoms with Crippen molar-refractivity contribution in [2.24, 2.45) is 0 Å². The van der Waals surface area contributed by atoms with Gasteiger partial charge in [0.2, 0.25) is 0 Å². The van der Waals surface area contributed by atoms with Crippen LogP contribution in [0.25, 0.3) is 0 Å². The standard InChI is InChI=1S/C19H20N2O4/c1-3-12(2)20-17(22)13-7-6-8-14(11-13)21-18(23)15-9-4-5-10-16(15)19(24)25/h4-12H,3H2,1-2H3,(H,20,22)(H,21,23)(H,24,25)/t12-/m1/s1. The molecule has 2 amide bonds. The third-order valence-electron chi connectivity index (χ3n) is 3.77. The molecule has 0 fully saturated rings. The molecule has 25 heavy (non-hydrogen) atoms. The van der Waals surface area contributed by atoms with Crippen LogP contribution in [0.1, 0.15) is 51.3 Å². The van der Waals surface area contributed by atoms with Crippen molar-refractivity contribution in [1.29, 1.82) is 0 Å². The van der Waals surface area contributed by atoms with Gasteiger partial charge in [-0.3, -0.25) is 9.59 Å². The number of hydrogen-bond donors (Lipinski definition) is 3. The molecule has 0 unspecified atom stereocenters. The van der Waals surface area contributed by atoms with Gasteiger partial charge in [-0.05, 0) is 43.7 Å². The molecule has 0 spiro atoms. The first-order valence-electron chi connectivity index (χ1n) is 7.97. The number of hydrogen-bond acceptors (Lipinski definition) is 3. The third kappa shape index (κ3) is 4.67. The zero-order valence-electron chi connectivity index (χ0n) is 14.1. The Hall–Kier alpha value is -3.15. The summed E-state index contributed by atoms with van der Waals surface area (Å²) in [6, 6.07) is 12.5. The summed E-state index contributed by atoms with van der Waals surface area (Å²) in [6.07, 6.45) is 0.814. The van der Waals surface area contributed by atoms with Gasteiger partial charge in [0.15, 0.2) is 0 Å². The van der Waals surface area contributed by atoms with Gasteiger partial charge >= 0.3 is 5.97 Å². The SMILES string of the molecule is CC[C@@H](C)NC(=O)c1cccc(NC(=O)c2ccccc2C(=O)O)c1. The predicted molar refractivity (Wildman–Crippen MR) is 95.0 cm³/mol. The highest BCUT2D eigenvalue weighted by Gasteiger charge is 2.16.